The van der Waals surface area contributed by atoms with Gasteiger partial charge in [0.25, 0.3) is 0 Å². The van der Waals surface area contributed by atoms with E-state index in [2.05, 4.69) is 0 Å². The van der Waals surface area contributed by atoms with Crippen molar-refractivity contribution in [3.63, 3.8) is 0 Å². The number of rotatable bonds is 4. The average Bonchev–Trinajstić information content (AvgIpc) is 2.40. The Bertz CT molecular complexity index is 400. The molecule has 100 valence electrons. The summed E-state index contributed by atoms with van der Waals surface area (Å²) in [6.07, 6.45) is 1.46. The predicted molar refractivity (Wildman–Crippen MR) is 69.9 cm³/mol. The second kappa shape index (κ2) is 5.89. The topological polar surface area (TPSA) is 53.7 Å². The van der Waals surface area contributed by atoms with Gasteiger partial charge in [0.2, 0.25) is 0 Å². The lowest BCUT2D eigenvalue weighted by atomic mass is 10.00. The van der Waals surface area contributed by atoms with Gasteiger partial charge in [-0.05, 0) is 31.2 Å². The molecule has 0 aliphatic carbocycles. The highest BCUT2D eigenvalue weighted by Gasteiger charge is 2.38. The fourth-order valence-corrected chi connectivity index (χ4v) is 2.35. The molecule has 1 aliphatic heterocycles. The van der Waals surface area contributed by atoms with Crippen molar-refractivity contribution in [1.29, 1.82) is 0 Å². The van der Waals surface area contributed by atoms with Crippen molar-refractivity contribution >= 4 is 11.6 Å². The first-order valence-electron chi connectivity index (χ1n) is 6.04. The molecule has 0 radical (unpaired) electrons. The van der Waals surface area contributed by atoms with Crippen LogP contribution in [0, 0.1) is 0 Å². The van der Waals surface area contributed by atoms with Gasteiger partial charge in [-0.2, -0.15) is 0 Å². The van der Waals surface area contributed by atoms with Crippen LogP contribution in [-0.2, 0) is 15.3 Å². The molecule has 1 aromatic rings. The second-order valence-electron chi connectivity index (χ2n) is 4.19. The van der Waals surface area contributed by atoms with Gasteiger partial charge in [0.15, 0.2) is 5.79 Å². The number of benzene rings is 1. The molecule has 0 unspecified atom stereocenters. The largest absolute Gasteiger partial charge is 0.496 e. The minimum atomic E-state index is -0.830. The molecule has 0 saturated carbocycles. The molecule has 2 N–H and O–H groups in total. The summed E-state index contributed by atoms with van der Waals surface area (Å²) in [4.78, 5) is 0. The molecule has 1 heterocycles. The summed E-state index contributed by atoms with van der Waals surface area (Å²) >= 11 is 6.06. The molecule has 1 aromatic carbocycles. The maximum Gasteiger partial charge on any atom is 0.199 e. The van der Waals surface area contributed by atoms with E-state index in [0.29, 0.717) is 37.0 Å². The fraction of sp³-hybridized carbons (Fsp3) is 0.538. The first-order valence-corrected chi connectivity index (χ1v) is 6.41. The molecule has 0 atom stereocenters. The van der Waals surface area contributed by atoms with Gasteiger partial charge < -0.3 is 19.9 Å². The highest BCUT2D eigenvalue weighted by Crippen LogP contribution is 2.40. The predicted octanol–water partition coefficient (Wildman–Crippen LogP) is 2.29. The molecule has 1 saturated heterocycles. The second-order valence-corrected chi connectivity index (χ2v) is 4.62. The minimum Gasteiger partial charge on any atom is -0.496 e. The third kappa shape index (κ3) is 2.62. The van der Waals surface area contributed by atoms with Gasteiger partial charge in [-0.15, -0.1) is 0 Å². The smallest absolute Gasteiger partial charge is 0.199 e. The third-order valence-electron chi connectivity index (χ3n) is 3.00. The van der Waals surface area contributed by atoms with Crippen LogP contribution in [0.4, 0.5) is 0 Å². The van der Waals surface area contributed by atoms with Crippen molar-refractivity contribution in [2.24, 2.45) is 5.73 Å². The van der Waals surface area contributed by atoms with Crippen LogP contribution < -0.4 is 10.5 Å². The summed E-state index contributed by atoms with van der Waals surface area (Å²) in [5.74, 6) is -0.127. The third-order valence-corrected chi connectivity index (χ3v) is 3.24. The molecular formula is C13H18ClNO3. The number of halogens is 1. The fourth-order valence-electron chi connectivity index (χ4n) is 2.18. The van der Waals surface area contributed by atoms with Crippen molar-refractivity contribution in [3.05, 3.63) is 28.8 Å². The van der Waals surface area contributed by atoms with Gasteiger partial charge in [0, 0.05) is 11.4 Å². The zero-order chi connectivity index (χ0) is 13.0. The van der Waals surface area contributed by atoms with E-state index < -0.39 is 5.79 Å². The van der Waals surface area contributed by atoms with Crippen molar-refractivity contribution in [3.8, 4) is 5.75 Å². The Kier molecular flexibility index (Phi) is 4.45. The molecular weight excluding hydrogens is 254 g/mol. The van der Waals surface area contributed by atoms with Crippen LogP contribution in [-0.4, -0.2) is 26.9 Å². The Balaban J connectivity index is 2.43. The summed E-state index contributed by atoms with van der Waals surface area (Å²) in [5, 5.41) is 0.625. The normalized spacial score (nSPS) is 18.6. The molecule has 0 bridgehead atoms. The van der Waals surface area contributed by atoms with E-state index in [1.54, 1.807) is 13.2 Å². The van der Waals surface area contributed by atoms with Gasteiger partial charge in [-0.3, -0.25) is 0 Å². The first-order chi connectivity index (χ1) is 8.72. The van der Waals surface area contributed by atoms with Crippen LogP contribution in [0.5, 0.6) is 5.75 Å². The summed E-state index contributed by atoms with van der Waals surface area (Å²) in [6, 6.07) is 5.42. The lowest BCUT2D eigenvalue weighted by Gasteiger charge is -2.38. The van der Waals surface area contributed by atoms with Crippen molar-refractivity contribution in [2.45, 2.75) is 18.6 Å². The van der Waals surface area contributed by atoms with E-state index in [-0.39, 0.29) is 0 Å². The standard InChI is InChI=1S/C13H18ClNO3/c1-16-12-4-3-10(14)9-11(12)13(5-6-15)17-7-2-8-18-13/h3-4,9H,2,5-8,15H2,1H3. The Morgan fingerprint density at radius 2 is 2.11 bits per heavy atom. The highest BCUT2D eigenvalue weighted by atomic mass is 35.5. The Hall–Kier alpha value is -0.810. The SMILES string of the molecule is COc1ccc(Cl)cc1C1(CCN)OCCCO1. The molecule has 0 spiro atoms. The quantitative estimate of drug-likeness (QED) is 0.913. The van der Waals surface area contributed by atoms with Crippen LogP contribution in [0.15, 0.2) is 18.2 Å². The molecule has 0 amide bonds. The Morgan fingerprint density at radius 1 is 1.39 bits per heavy atom. The number of nitrogens with two attached hydrogens (primary N) is 1. The molecule has 0 aromatic heterocycles. The number of ether oxygens (including phenoxy) is 3. The lowest BCUT2D eigenvalue weighted by molar-refractivity contribution is -0.279. The first kappa shape index (κ1) is 13.6. The van der Waals surface area contributed by atoms with Gasteiger partial charge >= 0.3 is 0 Å². The van der Waals surface area contributed by atoms with Crippen LogP contribution in [0.1, 0.15) is 18.4 Å². The van der Waals surface area contributed by atoms with E-state index in [9.17, 15) is 0 Å². The Labute approximate surface area is 112 Å². The maximum atomic E-state index is 6.06. The van der Waals surface area contributed by atoms with Crippen LogP contribution in [0.3, 0.4) is 0 Å². The van der Waals surface area contributed by atoms with Gasteiger partial charge in [-0.1, -0.05) is 11.6 Å². The van der Waals surface area contributed by atoms with E-state index in [0.717, 1.165) is 12.0 Å². The van der Waals surface area contributed by atoms with Crippen LogP contribution in [0.2, 0.25) is 5.02 Å². The maximum absolute atomic E-state index is 6.06. The van der Waals surface area contributed by atoms with E-state index >= 15 is 0 Å². The summed E-state index contributed by atoms with van der Waals surface area (Å²) in [6.45, 7) is 1.76. The number of hydrogen-bond donors (Lipinski definition) is 1. The molecule has 4 nitrogen and oxygen atoms in total. The van der Waals surface area contributed by atoms with Gasteiger partial charge in [0.05, 0.1) is 25.9 Å². The van der Waals surface area contributed by atoms with Crippen molar-refractivity contribution in [1.82, 2.24) is 0 Å². The van der Waals surface area contributed by atoms with Crippen molar-refractivity contribution < 1.29 is 14.2 Å². The summed E-state index contributed by atoms with van der Waals surface area (Å²) < 4.78 is 17.1. The molecule has 1 aliphatic rings. The van der Waals surface area contributed by atoms with Gasteiger partial charge in [0.1, 0.15) is 5.75 Å². The number of hydrogen-bond acceptors (Lipinski definition) is 4. The monoisotopic (exact) mass is 271 g/mol. The lowest BCUT2D eigenvalue weighted by Crippen LogP contribution is -2.40. The van der Waals surface area contributed by atoms with E-state index in [1.807, 2.05) is 12.1 Å². The zero-order valence-corrected chi connectivity index (χ0v) is 11.2. The van der Waals surface area contributed by atoms with Crippen LogP contribution >= 0.6 is 11.6 Å². The molecule has 18 heavy (non-hydrogen) atoms. The Morgan fingerprint density at radius 3 is 2.72 bits per heavy atom. The molecule has 5 heteroatoms. The molecule has 2 rings (SSSR count). The zero-order valence-electron chi connectivity index (χ0n) is 10.4. The molecule has 1 fully saturated rings. The summed E-state index contributed by atoms with van der Waals surface area (Å²) in [5.41, 5.74) is 6.49. The van der Waals surface area contributed by atoms with Crippen molar-refractivity contribution in [2.75, 3.05) is 26.9 Å². The van der Waals surface area contributed by atoms with E-state index in [4.69, 9.17) is 31.5 Å². The average molecular weight is 272 g/mol. The van der Waals surface area contributed by atoms with Crippen LogP contribution in [0.25, 0.3) is 0 Å². The number of methoxy groups -OCH3 is 1. The van der Waals surface area contributed by atoms with Gasteiger partial charge in [-0.25, -0.2) is 0 Å². The minimum absolute atomic E-state index is 0.468. The van der Waals surface area contributed by atoms with E-state index in [1.165, 1.54) is 0 Å². The summed E-state index contributed by atoms with van der Waals surface area (Å²) in [7, 11) is 1.62. The highest BCUT2D eigenvalue weighted by molar-refractivity contribution is 6.30.